The fourth-order valence-corrected chi connectivity index (χ4v) is 1.03. The van der Waals surface area contributed by atoms with Crippen molar-refractivity contribution in [1.82, 2.24) is 0 Å². The van der Waals surface area contributed by atoms with E-state index in [4.69, 9.17) is 4.74 Å². The van der Waals surface area contributed by atoms with E-state index in [0.717, 1.165) is 0 Å². The zero-order chi connectivity index (χ0) is 10.6. The van der Waals surface area contributed by atoms with Crippen LogP contribution in [0.15, 0.2) is 18.2 Å². The lowest BCUT2D eigenvalue weighted by atomic mass is 10.2. The number of benzene rings is 1. The van der Waals surface area contributed by atoms with Crippen molar-refractivity contribution in [3.8, 4) is 5.75 Å². The van der Waals surface area contributed by atoms with Crippen LogP contribution in [0.25, 0.3) is 0 Å². The third-order valence-corrected chi connectivity index (χ3v) is 1.65. The molecule has 0 aliphatic carbocycles. The Morgan fingerprint density at radius 1 is 1.50 bits per heavy atom. The highest BCUT2D eigenvalue weighted by atomic mass is 16.5. The van der Waals surface area contributed by atoms with Crippen LogP contribution in [0.4, 0.5) is 5.69 Å². The Kier molecular flexibility index (Phi) is 3.23. The quantitative estimate of drug-likeness (QED) is 0.780. The van der Waals surface area contributed by atoms with Gasteiger partial charge in [0.15, 0.2) is 0 Å². The van der Waals surface area contributed by atoms with Crippen LogP contribution in [-0.4, -0.2) is 19.3 Å². The van der Waals surface area contributed by atoms with Crippen LogP contribution in [0.5, 0.6) is 5.75 Å². The van der Waals surface area contributed by atoms with Crippen molar-refractivity contribution < 1.29 is 14.3 Å². The predicted molar refractivity (Wildman–Crippen MR) is 52.1 cm³/mol. The number of anilines is 1. The first-order chi connectivity index (χ1) is 6.67. The van der Waals surface area contributed by atoms with Gasteiger partial charge in [0.2, 0.25) is 12.2 Å². The van der Waals surface area contributed by atoms with E-state index in [0.29, 0.717) is 17.0 Å². The third-order valence-electron chi connectivity index (χ3n) is 1.65. The number of amides is 1. The van der Waals surface area contributed by atoms with Crippen LogP contribution in [0.2, 0.25) is 0 Å². The summed E-state index contributed by atoms with van der Waals surface area (Å²) in [6.45, 7) is 1.37. The smallest absolute Gasteiger partial charge is 0.235 e. The summed E-state index contributed by atoms with van der Waals surface area (Å²) in [5.41, 5.74) is 0.716. The fraction of sp³-hybridized carbons (Fsp3) is 0.200. The first kappa shape index (κ1) is 10.2. The minimum Gasteiger partial charge on any atom is -0.497 e. The lowest BCUT2D eigenvalue weighted by molar-refractivity contribution is -0.114. The Morgan fingerprint density at radius 3 is 2.71 bits per heavy atom. The van der Waals surface area contributed by atoms with Crippen molar-refractivity contribution in [2.75, 3.05) is 12.4 Å². The summed E-state index contributed by atoms with van der Waals surface area (Å²) in [5.74, 6) is 0.336. The molecule has 1 N–H and O–H groups in total. The molecule has 14 heavy (non-hydrogen) atoms. The Labute approximate surface area is 81.9 Å². The number of nitrogens with one attached hydrogen (secondary N) is 1. The maximum Gasteiger partial charge on any atom is 0.235 e. The number of hydrogen-bond donors (Lipinski definition) is 1. The molecule has 0 spiro atoms. The predicted octanol–water partition coefficient (Wildman–Crippen LogP) is 1.11. The van der Waals surface area contributed by atoms with Gasteiger partial charge >= 0.3 is 0 Å². The molecule has 1 aromatic rings. The van der Waals surface area contributed by atoms with Crippen LogP contribution < -0.4 is 10.1 Å². The van der Waals surface area contributed by atoms with Gasteiger partial charge < -0.3 is 10.1 Å². The lowest BCUT2D eigenvalue weighted by Gasteiger charge is -2.06. The van der Waals surface area contributed by atoms with E-state index < -0.39 is 0 Å². The maximum atomic E-state index is 10.8. The minimum absolute atomic E-state index is 0.241. The summed E-state index contributed by atoms with van der Waals surface area (Å²) >= 11 is 0. The van der Waals surface area contributed by atoms with E-state index >= 15 is 0 Å². The number of methoxy groups -OCH3 is 1. The highest BCUT2D eigenvalue weighted by molar-refractivity contribution is 5.95. The van der Waals surface area contributed by atoms with Crippen LogP contribution in [0.1, 0.15) is 12.5 Å². The fourth-order valence-electron chi connectivity index (χ4n) is 1.03. The number of hydrogen-bond acceptors (Lipinski definition) is 3. The van der Waals surface area contributed by atoms with E-state index in [1.54, 1.807) is 18.4 Å². The van der Waals surface area contributed by atoms with Gasteiger partial charge in [0, 0.05) is 18.6 Å². The van der Waals surface area contributed by atoms with Crippen LogP contribution in [0, 0.1) is 0 Å². The normalized spacial score (nSPS) is 9.29. The molecule has 1 rings (SSSR count). The maximum absolute atomic E-state index is 10.8. The van der Waals surface area contributed by atoms with Gasteiger partial charge in [0.05, 0.1) is 12.8 Å². The van der Waals surface area contributed by atoms with E-state index in [9.17, 15) is 9.59 Å². The Hall–Kier alpha value is -1.84. The average molecular weight is 192 g/mol. The lowest BCUT2D eigenvalue weighted by Crippen LogP contribution is -2.08. The summed E-state index contributed by atoms with van der Waals surface area (Å²) in [6.07, 6.45) is 1.73. The Balaban J connectivity index is 3.07. The Bertz CT molecular complexity index is 360. The van der Waals surface area contributed by atoms with Gasteiger partial charge in [-0.05, 0) is 12.1 Å². The monoisotopic (exact) mass is 192 g/mol. The van der Waals surface area contributed by atoms with Crippen molar-refractivity contribution in [2.24, 2.45) is 0 Å². The molecule has 1 aromatic carbocycles. The molecule has 0 bridgehead atoms. The molecular formula is C10H10NO3. The van der Waals surface area contributed by atoms with Crippen LogP contribution in [0.3, 0.4) is 0 Å². The van der Waals surface area contributed by atoms with Crippen molar-refractivity contribution in [2.45, 2.75) is 6.92 Å². The minimum atomic E-state index is -0.241. The summed E-state index contributed by atoms with van der Waals surface area (Å²) < 4.78 is 4.95. The summed E-state index contributed by atoms with van der Waals surface area (Å²) in [5, 5.41) is 2.52. The Morgan fingerprint density at radius 2 is 2.21 bits per heavy atom. The molecule has 0 atom stereocenters. The first-order valence-electron chi connectivity index (χ1n) is 4.01. The first-order valence-corrected chi connectivity index (χ1v) is 4.01. The largest absolute Gasteiger partial charge is 0.497 e. The molecule has 0 heterocycles. The zero-order valence-corrected chi connectivity index (χ0v) is 7.96. The van der Waals surface area contributed by atoms with Crippen LogP contribution in [-0.2, 0) is 9.59 Å². The summed E-state index contributed by atoms with van der Waals surface area (Å²) in [6, 6.07) is 4.74. The van der Waals surface area contributed by atoms with Gasteiger partial charge in [-0.25, -0.2) is 0 Å². The standard InChI is InChI=1S/C10H10NO3/c1-7(13)11-10-5-9(14-2)4-3-8(10)6-12/h3-5H,1-2H3,(H,11,13). The number of carbonyl (C=O) groups excluding carboxylic acids is 2. The highest BCUT2D eigenvalue weighted by Crippen LogP contribution is 2.20. The second-order valence-electron chi connectivity index (χ2n) is 2.69. The number of carbonyl (C=O) groups is 1. The second kappa shape index (κ2) is 4.41. The molecule has 0 unspecified atom stereocenters. The average Bonchev–Trinajstić information content (AvgIpc) is 2.16. The molecule has 0 fully saturated rings. The topological polar surface area (TPSA) is 55.4 Å². The van der Waals surface area contributed by atoms with Gasteiger partial charge in [0.1, 0.15) is 5.75 Å². The van der Waals surface area contributed by atoms with Crippen molar-refractivity contribution in [3.63, 3.8) is 0 Å². The van der Waals surface area contributed by atoms with Gasteiger partial charge in [-0.2, -0.15) is 0 Å². The molecule has 0 saturated heterocycles. The molecule has 73 valence electrons. The van der Waals surface area contributed by atoms with Crippen molar-refractivity contribution in [1.29, 1.82) is 0 Å². The SMILES string of the molecule is COc1ccc([C]=O)c(NC(C)=O)c1. The molecular weight excluding hydrogens is 182 g/mol. The number of ether oxygens (including phenoxy) is 1. The van der Waals surface area contributed by atoms with E-state index in [-0.39, 0.29) is 5.91 Å². The third kappa shape index (κ3) is 2.32. The van der Waals surface area contributed by atoms with Gasteiger partial charge in [-0.3, -0.25) is 9.59 Å². The molecule has 4 heteroatoms. The van der Waals surface area contributed by atoms with Crippen molar-refractivity contribution in [3.05, 3.63) is 23.8 Å². The molecule has 0 saturated carbocycles. The second-order valence-corrected chi connectivity index (χ2v) is 2.69. The van der Waals surface area contributed by atoms with Gasteiger partial charge in [-0.15, -0.1) is 0 Å². The van der Waals surface area contributed by atoms with Crippen LogP contribution >= 0.6 is 0 Å². The zero-order valence-electron chi connectivity index (χ0n) is 7.96. The summed E-state index contributed by atoms with van der Waals surface area (Å²) in [7, 11) is 1.51. The van der Waals surface area contributed by atoms with E-state index in [1.807, 2.05) is 0 Å². The van der Waals surface area contributed by atoms with Crippen molar-refractivity contribution >= 4 is 17.9 Å². The molecule has 0 aliphatic rings. The summed E-state index contributed by atoms with van der Waals surface area (Å²) in [4.78, 5) is 21.3. The molecule has 0 aromatic heterocycles. The van der Waals surface area contributed by atoms with E-state index in [2.05, 4.69) is 5.32 Å². The highest BCUT2D eigenvalue weighted by Gasteiger charge is 2.05. The number of rotatable bonds is 3. The molecule has 4 nitrogen and oxygen atoms in total. The van der Waals surface area contributed by atoms with E-state index in [1.165, 1.54) is 20.1 Å². The molecule has 0 aliphatic heterocycles. The molecule has 1 amide bonds. The van der Waals surface area contributed by atoms with Gasteiger partial charge in [0.25, 0.3) is 0 Å². The molecule has 1 radical (unpaired) electrons. The van der Waals surface area contributed by atoms with Gasteiger partial charge in [-0.1, -0.05) is 0 Å².